The number of benzene rings is 1. The average Bonchev–Trinajstić information content (AvgIpc) is 2.51. The van der Waals surface area contributed by atoms with Crippen molar-refractivity contribution in [1.82, 2.24) is 5.32 Å². The number of hydrogen-bond acceptors (Lipinski definition) is 1. The predicted octanol–water partition coefficient (Wildman–Crippen LogP) is 4.12. The highest BCUT2D eigenvalue weighted by Gasteiger charge is 2.54. The summed E-state index contributed by atoms with van der Waals surface area (Å²) in [4.78, 5) is 12.9. The van der Waals surface area contributed by atoms with Crippen LogP contribution in [0.15, 0.2) is 30.3 Å². The van der Waals surface area contributed by atoms with Crippen molar-refractivity contribution in [2.24, 2.45) is 23.2 Å². The molecule has 0 aliphatic heterocycles. The third-order valence-corrected chi connectivity index (χ3v) is 6.46. The van der Waals surface area contributed by atoms with Crippen LogP contribution in [0.2, 0.25) is 0 Å². The van der Waals surface area contributed by atoms with Crippen molar-refractivity contribution in [3.8, 4) is 0 Å². The van der Waals surface area contributed by atoms with Crippen molar-refractivity contribution in [1.29, 1.82) is 0 Å². The Morgan fingerprint density at radius 2 is 1.64 bits per heavy atom. The zero-order valence-corrected chi connectivity index (χ0v) is 13.6. The van der Waals surface area contributed by atoms with E-state index in [0.29, 0.717) is 11.8 Å². The first kappa shape index (κ1) is 14.3. The van der Waals surface area contributed by atoms with E-state index >= 15 is 0 Å². The molecule has 2 heteroatoms. The fourth-order valence-electron chi connectivity index (χ4n) is 5.72. The van der Waals surface area contributed by atoms with Gasteiger partial charge in [0.15, 0.2) is 0 Å². The van der Waals surface area contributed by atoms with Crippen molar-refractivity contribution in [2.75, 3.05) is 6.54 Å². The molecular formula is C20H27NO. The van der Waals surface area contributed by atoms with E-state index in [1.807, 2.05) is 6.07 Å². The Kier molecular flexibility index (Phi) is 3.51. The molecule has 0 heterocycles. The monoisotopic (exact) mass is 297 g/mol. The highest BCUT2D eigenvalue weighted by Crippen LogP contribution is 2.60. The summed E-state index contributed by atoms with van der Waals surface area (Å²) in [5.74, 6) is 3.25. The van der Waals surface area contributed by atoms with Crippen molar-refractivity contribution in [2.45, 2.75) is 51.4 Å². The lowest BCUT2D eigenvalue weighted by Crippen LogP contribution is -2.53. The molecule has 5 rings (SSSR count). The van der Waals surface area contributed by atoms with Crippen LogP contribution in [0.3, 0.4) is 0 Å². The van der Waals surface area contributed by atoms with Gasteiger partial charge in [-0.05, 0) is 67.8 Å². The summed E-state index contributed by atoms with van der Waals surface area (Å²) >= 11 is 0. The van der Waals surface area contributed by atoms with Gasteiger partial charge < -0.3 is 5.32 Å². The number of hydrogen-bond donors (Lipinski definition) is 1. The minimum atomic E-state index is -0.00877. The second-order valence-corrected chi connectivity index (χ2v) is 8.22. The maximum Gasteiger partial charge on any atom is 0.226 e. The first-order valence-electron chi connectivity index (χ1n) is 8.98. The first-order chi connectivity index (χ1) is 10.6. The van der Waals surface area contributed by atoms with Crippen LogP contribution in [-0.4, -0.2) is 12.5 Å². The fraction of sp³-hybridized carbons (Fsp3) is 0.650. The molecular weight excluding hydrogens is 270 g/mol. The van der Waals surface area contributed by atoms with Gasteiger partial charge in [-0.15, -0.1) is 0 Å². The van der Waals surface area contributed by atoms with E-state index in [1.54, 1.807) is 0 Å². The zero-order chi connectivity index (χ0) is 15.2. The van der Waals surface area contributed by atoms with Crippen LogP contribution in [0.5, 0.6) is 0 Å². The summed E-state index contributed by atoms with van der Waals surface area (Å²) in [5, 5.41) is 3.30. The summed E-state index contributed by atoms with van der Waals surface area (Å²) in [6.07, 6.45) is 7.66. The van der Waals surface area contributed by atoms with Crippen LogP contribution in [0.25, 0.3) is 0 Å². The minimum absolute atomic E-state index is 0.00877. The molecule has 118 valence electrons. The van der Waals surface area contributed by atoms with Gasteiger partial charge in [0.2, 0.25) is 5.91 Å². The van der Waals surface area contributed by atoms with Gasteiger partial charge in [0, 0.05) is 12.0 Å². The molecule has 1 unspecified atom stereocenters. The molecule has 22 heavy (non-hydrogen) atoms. The Hall–Kier alpha value is -1.31. The molecule has 4 saturated carbocycles. The highest BCUT2D eigenvalue weighted by atomic mass is 16.2. The minimum Gasteiger partial charge on any atom is -0.355 e. The maximum atomic E-state index is 12.9. The lowest BCUT2D eigenvalue weighted by atomic mass is 9.49. The van der Waals surface area contributed by atoms with Crippen LogP contribution in [-0.2, 0) is 4.79 Å². The van der Waals surface area contributed by atoms with Crippen molar-refractivity contribution in [3.63, 3.8) is 0 Å². The average molecular weight is 297 g/mol. The van der Waals surface area contributed by atoms with Gasteiger partial charge >= 0.3 is 0 Å². The highest BCUT2D eigenvalue weighted by molar-refractivity contribution is 5.83. The number of amides is 1. The van der Waals surface area contributed by atoms with E-state index in [2.05, 4.69) is 36.5 Å². The Labute approximate surface area is 133 Å². The molecule has 0 saturated heterocycles. The van der Waals surface area contributed by atoms with Gasteiger partial charge in [-0.25, -0.2) is 0 Å². The molecule has 4 bridgehead atoms. The van der Waals surface area contributed by atoms with E-state index in [0.717, 1.165) is 43.6 Å². The lowest BCUT2D eigenvalue weighted by molar-refractivity contribution is -0.146. The second-order valence-electron chi connectivity index (χ2n) is 8.22. The maximum absolute atomic E-state index is 12.9. The standard InChI is InChI=1S/C20H27NO/c1-14(18-5-3-2-4-6-18)13-21-19(22)20-10-15-7-16(11-20)9-17(8-15)12-20/h2-6,14-17H,7-13H2,1H3,(H,21,22). The molecule has 4 fully saturated rings. The third kappa shape index (κ3) is 2.47. The summed E-state index contributed by atoms with van der Waals surface area (Å²) in [6, 6.07) is 10.5. The van der Waals surface area contributed by atoms with Crippen LogP contribution in [0.1, 0.15) is 56.9 Å². The van der Waals surface area contributed by atoms with Gasteiger partial charge in [0.1, 0.15) is 0 Å². The quantitative estimate of drug-likeness (QED) is 0.890. The van der Waals surface area contributed by atoms with E-state index in [9.17, 15) is 4.79 Å². The van der Waals surface area contributed by atoms with E-state index in [-0.39, 0.29) is 5.41 Å². The van der Waals surface area contributed by atoms with Crippen molar-refractivity contribution < 1.29 is 4.79 Å². The van der Waals surface area contributed by atoms with Crippen molar-refractivity contribution in [3.05, 3.63) is 35.9 Å². The Morgan fingerprint density at radius 3 is 2.18 bits per heavy atom. The number of carbonyl (C=O) groups is 1. The normalized spacial score (nSPS) is 37.0. The lowest BCUT2D eigenvalue weighted by Gasteiger charge is -2.55. The van der Waals surface area contributed by atoms with Gasteiger partial charge in [-0.1, -0.05) is 37.3 Å². The smallest absolute Gasteiger partial charge is 0.226 e. The van der Waals surface area contributed by atoms with E-state index < -0.39 is 0 Å². The van der Waals surface area contributed by atoms with E-state index in [4.69, 9.17) is 0 Å². The second kappa shape index (κ2) is 5.40. The molecule has 4 aliphatic rings. The number of nitrogens with one attached hydrogen (secondary N) is 1. The van der Waals surface area contributed by atoms with Crippen molar-refractivity contribution >= 4 is 5.91 Å². The molecule has 0 aromatic heterocycles. The summed E-state index contributed by atoms with van der Waals surface area (Å²) in [5.41, 5.74) is 1.30. The van der Waals surface area contributed by atoms with Gasteiger partial charge in [0.05, 0.1) is 0 Å². The molecule has 1 atom stereocenters. The summed E-state index contributed by atoms with van der Waals surface area (Å²) < 4.78 is 0. The molecule has 0 radical (unpaired) electrons. The first-order valence-corrected chi connectivity index (χ1v) is 8.98. The van der Waals surface area contributed by atoms with Crippen LogP contribution < -0.4 is 5.32 Å². The number of carbonyl (C=O) groups excluding carboxylic acids is 1. The Bertz CT molecular complexity index is 515. The summed E-state index contributed by atoms with van der Waals surface area (Å²) in [7, 11) is 0. The Balaban J connectivity index is 1.40. The molecule has 1 aromatic carbocycles. The van der Waals surface area contributed by atoms with Gasteiger partial charge in [0.25, 0.3) is 0 Å². The predicted molar refractivity (Wildman–Crippen MR) is 88.5 cm³/mol. The largest absolute Gasteiger partial charge is 0.355 e. The van der Waals surface area contributed by atoms with Gasteiger partial charge in [-0.3, -0.25) is 4.79 Å². The van der Waals surface area contributed by atoms with Crippen LogP contribution >= 0.6 is 0 Å². The molecule has 1 aromatic rings. The fourth-order valence-corrected chi connectivity index (χ4v) is 5.72. The molecule has 1 N–H and O–H groups in total. The molecule has 4 aliphatic carbocycles. The van der Waals surface area contributed by atoms with Crippen LogP contribution in [0.4, 0.5) is 0 Å². The molecule has 1 amide bonds. The van der Waals surface area contributed by atoms with Gasteiger partial charge in [-0.2, -0.15) is 0 Å². The number of rotatable bonds is 4. The molecule has 0 spiro atoms. The van der Waals surface area contributed by atoms with Crippen LogP contribution in [0, 0.1) is 23.2 Å². The SMILES string of the molecule is CC(CNC(=O)C12CC3CC(CC(C3)C1)C2)c1ccccc1. The summed E-state index contributed by atoms with van der Waals surface area (Å²) in [6.45, 7) is 2.97. The zero-order valence-electron chi connectivity index (χ0n) is 13.6. The molecule has 2 nitrogen and oxygen atoms in total. The Morgan fingerprint density at radius 1 is 1.09 bits per heavy atom. The van der Waals surface area contributed by atoms with E-state index in [1.165, 1.54) is 24.8 Å². The third-order valence-electron chi connectivity index (χ3n) is 6.46. The topological polar surface area (TPSA) is 29.1 Å².